The summed E-state index contributed by atoms with van der Waals surface area (Å²) in [5.41, 5.74) is 1.30. The van der Waals surface area contributed by atoms with E-state index in [0.29, 0.717) is 42.3 Å². The summed E-state index contributed by atoms with van der Waals surface area (Å²) in [5, 5.41) is 4.93. The number of benzene rings is 2. The molecule has 0 saturated heterocycles. The van der Waals surface area contributed by atoms with Crippen LogP contribution in [-0.2, 0) is 4.79 Å². The summed E-state index contributed by atoms with van der Waals surface area (Å²) in [6.45, 7) is 0. The van der Waals surface area contributed by atoms with Gasteiger partial charge in [0.05, 0.1) is 14.7 Å². The zero-order chi connectivity index (χ0) is 20.5. The Bertz CT molecular complexity index is 1240. The van der Waals surface area contributed by atoms with Gasteiger partial charge in [-0.1, -0.05) is 57.7 Å². The molecule has 2 heterocycles. The minimum absolute atomic E-state index is 0.352. The topological polar surface area (TPSA) is 55.1 Å². The summed E-state index contributed by atoms with van der Waals surface area (Å²) in [6, 6.07) is 12.2. The van der Waals surface area contributed by atoms with Crippen LogP contribution in [0.1, 0.15) is 5.76 Å². The van der Waals surface area contributed by atoms with Crippen LogP contribution in [0, 0.1) is 0 Å². The number of carbonyl (C=O) groups excluding carboxylic acids is 1. The van der Waals surface area contributed by atoms with Crippen molar-refractivity contribution in [3.8, 4) is 11.3 Å². The van der Waals surface area contributed by atoms with Crippen molar-refractivity contribution in [3.05, 3.63) is 74.4 Å². The number of carbonyl (C=O) groups is 1. The average Bonchev–Trinajstić information content (AvgIpc) is 3.29. The van der Waals surface area contributed by atoms with Crippen LogP contribution in [0.5, 0.6) is 0 Å². The third kappa shape index (κ3) is 4.60. The van der Waals surface area contributed by atoms with Crippen LogP contribution in [0.3, 0.4) is 0 Å². The summed E-state index contributed by atoms with van der Waals surface area (Å²) >= 11 is 25.5. The van der Waals surface area contributed by atoms with Gasteiger partial charge >= 0.3 is 0 Å². The number of thiazole rings is 1. The van der Waals surface area contributed by atoms with Gasteiger partial charge in [-0.25, -0.2) is 4.98 Å². The molecular formula is C20H10Cl4N2O2S. The number of aromatic nitrogens is 1. The van der Waals surface area contributed by atoms with E-state index in [2.05, 4.69) is 10.3 Å². The van der Waals surface area contributed by atoms with Crippen LogP contribution in [0.4, 0.5) is 5.13 Å². The van der Waals surface area contributed by atoms with Crippen molar-refractivity contribution in [2.45, 2.75) is 0 Å². The predicted molar refractivity (Wildman–Crippen MR) is 121 cm³/mol. The lowest BCUT2D eigenvalue weighted by Gasteiger charge is -1.99. The molecule has 4 aromatic rings. The summed E-state index contributed by atoms with van der Waals surface area (Å²) < 4.78 is 6.56. The van der Waals surface area contributed by atoms with Gasteiger partial charge in [0, 0.05) is 21.7 Å². The molecule has 0 aliphatic rings. The number of rotatable bonds is 4. The van der Waals surface area contributed by atoms with Crippen LogP contribution in [-0.4, -0.2) is 10.9 Å². The van der Waals surface area contributed by atoms with Gasteiger partial charge in [0.2, 0.25) is 5.91 Å². The first kappa shape index (κ1) is 20.3. The maximum absolute atomic E-state index is 12.2. The van der Waals surface area contributed by atoms with Crippen molar-refractivity contribution >= 4 is 85.1 Å². The normalized spacial score (nSPS) is 11.4. The Balaban J connectivity index is 1.48. The fraction of sp³-hybridized carbons (Fsp3) is 0. The zero-order valence-corrected chi connectivity index (χ0v) is 18.2. The first-order valence-corrected chi connectivity index (χ1v) is 10.5. The van der Waals surface area contributed by atoms with Gasteiger partial charge in [-0.05, 0) is 48.5 Å². The Morgan fingerprint density at radius 2 is 1.79 bits per heavy atom. The molecule has 146 valence electrons. The molecule has 1 N–H and O–H groups in total. The highest BCUT2D eigenvalue weighted by molar-refractivity contribution is 7.22. The Morgan fingerprint density at radius 1 is 1.03 bits per heavy atom. The second kappa shape index (κ2) is 8.38. The highest BCUT2D eigenvalue weighted by Crippen LogP contribution is 2.35. The minimum Gasteiger partial charge on any atom is -0.457 e. The minimum atomic E-state index is -0.352. The number of nitrogens with one attached hydrogen (secondary N) is 1. The molecule has 0 aliphatic carbocycles. The molecule has 0 spiro atoms. The van der Waals surface area contributed by atoms with Gasteiger partial charge in [-0.15, -0.1) is 0 Å². The van der Waals surface area contributed by atoms with Crippen molar-refractivity contribution in [2.75, 3.05) is 5.32 Å². The SMILES string of the molecule is O=C(/C=C/c1ccc(-c2cc(Cl)cc(Cl)c2)o1)Nc1nc2c(Cl)c(Cl)ccc2s1. The van der Waals surface area contributed by atoms with E-state index in [9.17, 15) is 4.79 Å². The fourth-order valence-electron chi connectivity index (χ4n) is 2.59. The lowest BCUT2D eigenvalue weighted by Crippen LogP contribution is -2.07. The molecule has 0 atom stereocenters. The highest BCUT2D eigenvalue weighted by Gasteiger charge is 2.11. The molecule has 0 fully saturated rings. The number of amides is 1. The Labute approximate surface area is 189 Å². The van der Waals surface area contributed by atoms with Gasteiger partial charge in [0.25, 0.3) is 0 Å². The quantitative estimate of drug-likeness (QED) is 0.301. The van der Waals surface area contributed by atoms with Gasteiger partial charge in [-0.3, -0.25) is 10.1 Å². The van der Waals surface area contributed by atoms with Crippen LogP contribution in [0.15, 0.2) is 53.0 Å². The molecule has 29 heavy (non-hydrogen) atoms. The summed E-state index contributed by atoms with van der Waals surface area (Å²) in [5.74, 6) is 0.743. The Kier molecular flexibility index (Phi) is 5.86. The monoisotopic (exact) mass is 482 g/mol. The second-order valence-corrected chi connectivity index (χ2v) is 8.60. The fourth-order valence-corrected chi connectivity index (χ4v) is 4.41. The number of halogens is 4. The number of anilines is 1. The molecule has 2 aromatic heterocycles. The predicted octanol–water partition coefficient (Wildman–Crippen LogP) is 7.82. The van der Waals surface area contributed by atoms with E-state index in [1.807, 2.05) is 0 Å². The molecule has 0 bridgehead atoms. The van der Waals surface area contributed by atoms with Crippen LogP contribution < -0.4 is 5.32 Å². The standard InChI is InChI=1S/C20H10Cl4N2O2S/c21-11-7-10(8-12(22)9-11)15-4-1-13(28-15)2-6-17(27)25-20-26-19-16(29-20)5-3-14(23)18(19)24/h1-9H,(H,25,26,27)/b6-2+. The van der Waals surface area contributed by atoms with E-state index in [-0.39, 0.29) is 5.91 Å². The maximum Gasteiger partial charge on any atom is 0.250 e. The van der Waals surface area contributed by atoms with E-state index in [4.69, 9.17) is 50.8 Å². The van der Waals surface area contributed by atoms with Crippen molar-refractivity contribution in [3.63, 3.8) is 0 Å². The smallest absolute Gasteiger partial charge is 0.250 e. The molecule has 2 aromatic carbocycles. The molecule has 4 nitrogen and oxygen atoms in total. The van der Waals surface area contributed by atoms with Gasteiger partial charge in [-0.2, -0.15) is 0 Å². The van der Waals surface area contributed by atoms with E-state index < -0.39 is 0 Å². The van der Waals surface area contributed by atoms with E-state index in [1.165, 1.54) is 17.4 Å². The third-order valence-electron chi connectivity index (χ3n) is 3.85. The highest BCUT2D eigenvalue weighted by atomic mass is 35.5. The van der Waals surface area contributed by atoms with Crippen LogP contribution in [0.25, 0.3) is 27.6 Å². The lowest BCUT2D eigenvalue weighted by molar-refractivity contribution is -0.111. The molecule has 9 heteroatoms. The summed E-state index contributed by atoms with van der Waals surface area (Å²) in [4.78, 5) is 16.5. The van der Waals surface area contributed by atoms with Gasteiger partial charge < -0.3 is 4.42 Å². The van der Waals surface area contributed by atoms with Crippen molar-refractivity contribution < 1.29 is 9.21 Å². The van der Waals surface area contributed by atoms with Crippen molar-refractivity contribution in [2.24, 2.45) is 0 Å². The Hall–Kier alpha value is -2.02. The average molecular weight is 484 g/mol. The zero-order valence-electron chi connectivity index (χ0n) is 14.4. The summed E-state index contributed by atoms with van der Waals surface area (Å²) in [6.07, 6.45) is 2.91. The van der Waals surface area contributed by atoms with Gasteiger partial charge in [0.1, 0.15) is 17.0 Å². The molecule has 1 amide bonds. The number of hydrogen-bond acceptors (Lipinski definition) is 4. The van der Waals surface area contributed by atoms with Crippen LogP contribution in [0.2, 0.25) is 20.1 Å². The summed E-state index contributed by atoms with van der Waals surface area (Å²) in [7, 11) is 0. The first-order chi connectivity index (χ1) is 13.9. The molecule has 0 radical (unpaired) electrons. The molecule has 0 unspecified atom stereocenters. The van der Waals surface area contributed by atoms with Crippen LogP contribution >= 0.6 is 57.7 Å². The van der Waals surface area contributed by atoms with E-state index >= 15 is 0 Å². The largest absolute Gasteiger partial charge is 0.457 e. The first-order valence-electron chi connectivity index (χ1n) is 8.19. The molecule has 0 saturated carbocycles. The van der Waals surface area contributed by atoms with Gasteiger partial charge in [0.15, 0.2) is 5.13 Å². The number of furan rings is 1. The number of fused-ring (bicyclic) bond motifs is 1. The maximum atomic E-state index is 12.2. The number of nitrogens with zero attached hydrogens (tertiary/aromatic N) is 1. The Morgan fingerprint density at radius 3 is 2.55 bits per heavy atom. The third-order valence-corrected chi connectivity index (χ3v) is 6.02. The molecule has 0 aliphatic heterocycles. The molecular weight excluding hydrogens is 474 g/mol. The number of hydrogen-bond donors (Lipinski definition) is 1. The van der Waals surface area contributed by atoms with E-state index in [0.717, 1.165) is 10.3 Å². The van der Waals surface area contributed by atoms with E-state index in [1.54, 1.807) is 48.5 Å². The van der Waals surface area contributed by atoms with Crippen molar-refractivity contribution in [1.29, 1.82) is 0 Å². The lowest BCUT2D eigenvalue weighted by atomic mass is 10.2. The van der Waals surface area contributed by atoms with Crippen molar-refractivity contribution in [1.82, 2.24) is 4.98 Å². The second-order valence-electron chi connectivity index (χ2n) is 5.91. The molecule has 4 rings (SSSR count).